The summed E-state index contributed by atoms with van der Waals surface area (Å²) in [6.45, 7) is 10.4. The number of rotatable bonds is 7. The van der Waals surface area contributed by atoms with Crippen molar-refractivity contribution >= 4 is 22.9 Å². The number of hydrogen-bond acceptors (Lipinski definition) is 2. The van der Waals surface area contributed by atoms with Crippen LogP contribution in [0.3, 0.4) is 0 Å². The molecule has 0 bridgehead atoms. The van der Waals surface area contributed by atoms with E-state index in [0.717, 1.165) is 6.54 Å². The summed E-state index contributed by atoms with van der Waals surface area (Å²) >= 11 is 2.38. The second kappa shape index (κ2) is 6.40. The molecule has 0 aliphatic carbocycles. The molecule has 0 aliphatic heterocycles. The van der Waals surface area contributed by atoms with Gasteiger partial charge in [0.05, 0.1) is 0 Å². The molecule has 3 heteroatoms. The summed E-state index contributed by atoms with van der Waals surface area (Å²) in [5.74, 6) is 0. The van der Waals surface area contributed by atoms with Crippen molar-refractivity contribution in [3.8, 4) is 0 Å². The van der Waals surface area contributed by atoms with Gasteiger partial charge in [-0.3, -0.25) is 3.11 Å². The van der Waals surface area contributed by atoms with E-state index in [2.05, 4.69) is 73.1 Å². The highest BCUT2D eigenvalue weighted by Gasteiger charge is 2.32. The Morgan fingerprint density at radius 3 is 2.00 bits per heavy atom. The molecule has 0 radical (unpaired) electrons. The van der Waals surface area contributed by atoms with E-state index in [9.17, 15) is 0 Å². The minimum absolute atomic E-state index is 0.275. The van der Waals surface area contributed by atoms with Crippen LogP contribution in [0.15, 0.2) is 0 Å². The van der Waals surface area contributed by atoms with E-state index < -0.39 is 0 Å². The average molecular weight is 326 g/mol. The monoisotopic (exact) mass is 326 g/mol. The van der Waals surface area contributed by atoms with Gasteiger partial charge in [0.15, 0.2) is 0 Å². The summed E-state index contributed by atoms with van der Waals surface area (Å²) in [4.78, 5) is 0. The summed E-state index contributed by atoms with van der Waals surface area (Å²) in [6.07, 6.45) is 3.65. The minimum atomic E-state index is 0.275. The van der Waals surface area contributed by atoms with Crippen LogP contribution in [-0.2, 0) is 0 Å². The van der Waals surface area contributed by atoms with Gasteiger partial charge in [0, 0.05) is 34.9 Å². The third-order valence-electron chi connectivity index (χ3n) is 3.65. The van der Waals surface area contributed by atoms with Crippen molar-refractivity contribution < 1.29 is 0 Å². The lowest BCUT2D eigenvalue weighted by atomic mass is 9.75. The Hall–Kier alpha value is 0.650. The maximum absolute atomic E-state index is 3.47. The highest BCUT2D eigenvalue weighted by atomic mass is 127. The van der Waals surface area contributed by atoms with Crippen molar-refractivity contribution in [2.24, 2.45) is 5.41 Å². The van der Waals surface area contributed by atoms with Crippen molar-refractivity contribution in [1.82, 2.24) is 8.43 Å². The van der Waals surface area contributed by atoms with Crippen LogP contribution in [0.5, 0.6) is 0 Å². The Balaban J connectivity index is 4.54. The zero-order chi connectivity index (χ0) is 12.1. The van der Waals surface area contributed by atoms with Crippen LogP contribution in [0.1, 0.15) is 47.0 Å². The van der Waals surface area contributed by atoms with Gasteiger partial charge in [-0.25, -0.2) is 0 Å². The topological polar surface area (TPSA) is 15.3 Å². The molecule has 2 nitrogen and oxygen atoms in total. The molecule has 0 spiro atoms. The van der Waals surface area contributed by atoms with E-state index in [1.54, 1.807) is 0 Å². The van der Waals surface area contributed by atoms with Gasteiger partial charge >= 0.3 is 0 Å². The molecule has 92 valence electrons. The molecular formula is C12H27IN2. The van der Waals surface area contributed by atoms with Gasteiger partial charge in [-0.1, -0.05) is 20.8 Å². The molecule has 0 rings (SSSR count). The third-order valence-corrected chi connectivity index (χ3v) is 4.00. The van der Waals surface area contributed by atoms with Crippen molar-refractivity contribution in [1.29, 1.82) is 0 Å². The van der Waals surface area contributed by atoms with Crippen LogP contribution in [0, 0.1) is 5.41 Å². The first-order chi connectivity index (χ1) is 6.81. The van der Waals surface area contributed by atoms with Gasteiger partial charge in [0.25, 0.3) is 0 Å². The molecule has 2 unspecified atom stereocenters. The fourth-order valence-corrected chi connectivity index (χ4v) is 2.97. The lowest BCUT2D eigenvalue weighted by molar-refractivity contribution is 0.167. The molecular weight excluding hydrogens is 299 g/mol. The SMILES string of the molecule is CCC(C)(CN(C)I)CC(C)(CC)NC. The highest BCUT2D eigenvalue weighted by molar-refractivity contribution is 14.1. The maximum Gasteiger partial charge on any atom is 0.0198 e. The van der Waals surface area contributed by atoms with Crippen molar-refractivity contribution in [3.05, 3.63) is 0 Å². The molecule has 0 saturated carbocycles. The van der Waals surface area contributed by atoms with Gasteiger partial charge < -0.3 is 5.32 Å². The van der Waals surface area contributed by atoms with Gasteiger partial charge in [-0.15, -0.1) is 0 Å². The van der Waals surface area contributed by atoms with Crippen LogP contribution >= 0.6 is 22.9 Å². The first-order valence-electron chi connectivity index (χ1n) is 5.86. The van der Waals surface area contributed by atoms with Gasteiger partial charge in [-0.05, 0) is 45.7 Å². The number of nitrogens with zero attached hydrogens (tertiary/aromatic N) is 1. The Labute approximate surface area is 110 Å². The van der Waals surface area contributed by atoms with E-state index in [0.29, 0.717) is 5.41 Å². The molecule has 0 saturated heterocycles. The molecule has 0 fully saturated rings. The molecule has 0 heterocycles. The second-order valence-electron chi connectivity index (χ2n) is 5.27. The summed E-state index contributed by atoms with van der Waals surface area (Å²) in [5, 5.41) is 3.47. The number of halogens is 1. The van der Waals surface area contributed by atoms with Crippen LogP contribution in [0.4, 0.5) is 0 Å². The lowest BCUT2D eigenvalue weighted by Gasteiger charge is -2.39. The van der Waals surface area contributed by atoms with E-state index in [1.807, 2.05) is 0 Å². The molecule has 0 aliphatic rings. The maximum atomic E-state index is 3.47. The highest BCUT2D eigenvalue weighted by Crippen LogP contribution is 2.34. The predicted octanol–water partition coefficient (Wildman–Crippen LogP) is 3.46. The Bertz CT molecular complexity index is 178. The molecule has 1 N–H and O–H groups in total. The number of hydrogen-bond donors (Lipinski definition) is 1. The van der Waals surface area contributed by atoms with Gasteiger partial charge in [0.1, 0.15) is 0 Å². The van der Waals surface area contributed by atoms with E-state index >= 15 is 0 Å². The Kier molecular flexibility index (Phi) is 6.68. The molecule has 0 aromatic carbocycles. The van der Waals surface area contributed by atoms with Crippen LogP contribution < -0.4 is 5.32 Å². The molecule has 0 amide bonds. The largest absolute Gasteiger partial charge is 0.315 e. The van der Waals surface area contributed by atoms with Gasteiger partial charge in [-0.2, -0.15) is 0 Å². The van der Waals surface area contributed by atoms with Crippen LogP contribution in [0.2, 0.25) is 0 Å². The number of nitrogens with one attached hydrogen (secondary N) is 1. The van der Waals surface area contributed by atoms with Crippen molar-refractivity contribution in [2.75, 3.05) is 20.6 Å². The van der Waals surface area contributed by atoms with Crippen LogP contribution in [0.25, 0.3) is 0 Å². The first-order valence-corrected chi connectivity index (χ1v) is 6.83. The molecule has 2 atom stereocenters. The summed E-state index contributed by atoms with van der Waals surface area (Å²) in [5.41, 5.74) is 0.682. The fourth-order valence-electron chi connectivity index (χ4n) is 2.15. The summed E-state index contributed by atoms with van der Waals surface area (Å²) in [6, 6.07) is 0. The van der Waals surface area contributed by atoms with Crippen molar-refractivity contribution in [3.63, 3.8) is 0 Å². The third kappa shape index (κ3) is 5.50. The van der Waals surface area contributed by atoms with Gasteiger partial charge in [0.2, 0.25) is 0 Å². The predicted molar refractivity (Wildman–Crippen MR) is 77.4 cm³/mol. The standard InChI is InChI=1S/C12H27IN2/c1-7-11(3,10-15(6)13)9-12(4,8-2)14-5/h14H,7-10H2,1-6H3. The quantitative estimate of drug-likeness (QED) is 0.569. The zero-order valence-electron chi connectivity index (χ0n) is 11.2. The summed E-state index contributed by atoms with van der Waals surface area (Å²) in [7, 11) is 4.23. The zero-order valence-corrected chi connectivity index (χ0v) is 13.3. The van der Waals surface area contributed by atoms with E-state index in [-0.39, 0.29) is 5.54 Å². The normalized spacial score (nSPS) is 20.0. The second-order valence-corrected chi connectivity index (χ2v) is 6.92. The summed E-state index contributed by atoms with van der Waals surface area (Å²) < 4.78 is 2.27. The van der Waals surface area contributed by atoms with E-state index in [4.69, 9.17) is 0 Å². The first kappa shape index (κ1) is 15.7. The molecule has 0 aromatic heterocycles. The van der Waals surface area contributed by atoms with Crippen molar-refractivity contribution in [2.45, 2.75) is 52.5 Å². The minimum Gasteiger partial charge on any atom is -0.315 e. The fraction of sp³-hybridized carbons (Fsp3) is 1.00. The molecule has 0 aromatic rings. The lowest BCUT2D eigenvalue weighted by Crippen LogP contribution is -2.45. The Morgan fingerprint density at radius 2 is 1.73 bits per heavy atom. The van der Waals surface area contributed by atoms with Crippen LogP contribution in [-0.4, -0.2) is 29.3 Å². The van der Waals surface area contributed by atoms with E-state index in [1.165, 1.54) is 19.3 Å². The average Bonchev–Trinajstić information content (AvgIpc) is 2.16. The smallest absolute Gasteiger partial charge is 0.0198 e. The Morgan fingerprint density at radius 1 is 1.20 bits per heavy atom. The molecule has 15 heavy (non-hydrogen) atoms.